The van der Waals surface area contributed by atoms with Crippen molar-refractivity contribution in [3.05, 3.63) is 30.3 Å². The Bertz CT molecular complexity index is 330. The summed E-state index contributed by atoms with van der Waals surface area (Å²) in [6, 6.07) is 9.61. The molecule has 2 rings (SSSR count). The van der Waals surface area contributed by atoms with Gasteiger partial charge in [-0.2, -0.15) is 0 Å². The van der Waals surface area contributed by atoms with Crippen LogP contribution in [0.5, 0.6) is 0 Å². The van der Waals surface area contributed by atoms with Crippen LogP contribution in [0.25, 0.3) is 11.4 Å². The van der Waals surface area contributed by atoms with E-state index in [0.29, 0.717) is 5.82 Å². The van der Waals surface area contributed by atoms with E-state index in [4.69, 9.17) is 0 Å². The third-order valence-corrected chi connectivity index (χ3v) is 1.35. The molecule has 0 amide bonds. The normalized spacial score (nSPS) is 6.00. The van der Waals surface area contributed by atoms with E-state index in [1.54, 1.807) is 0 Å². The summed E-state index contributed by atoms with van der Waals surface area (Å²) in [5.74, 6) is 0.575. The molecule has 108 valence electrons. The van der Waals surface area contributed by atoms with Crippen molar-refractivity contribution in [1.82, 2.24) is 51.4 Å². The third kappa shape index (κ3) is 8.97. The van der Waals surface area contributed by atoms with Crippen molar-refractivity contribution in [3.8, 4) is 11.4 Å². The zero-order valence-corrected chi connectivity index (χ0v) is 11.7. The molecule has 2 aromatic rings. The summed E-state index contributed by atoms with van der Waals surface area (Å²) >= 11 is 0. The van der Waals surface area contributed by atoms with Gasteiger partial charge in [-0.1, -0.05) is 30.3 Å². The van der Waals surface area contributed by atoms with Gasteiger partial charge in [-0.25, -0.2) is 5.10 Å². The van der Waals surface area contributed by atoms with Gasteiger partial charge in [0.1, 0.15) is 0 Å². The Morgan fingerprint density at radius 3 is 1.72 bits per heavy atom. The van der Waals surface area contributed by atoms with Crippen molar-refractivity contribution in [2.24, 2.45) is 0 Å². The van der Waals surface area contributed by atoms with Gasteiger partial charge < -0.3 is 48.3 Å². The molecule has 0 saturated carbocycles. The summed E-state index contributed by atoms with van der Waals surface area (Å²) in [6.07, 6.45) is 0. The fraction of sp³-hybridized carbons (Fsp3) is 0. The van der Waals surface area contributed by atoms with Crippen molar-refractivity contribution in [2.45, 2.75) is 0 Å². The van der Waals surface area contributed by atoms with Gasteiger partial charge >= 0.3 is 16.8 Å². The van der Waals surface area contributed by atoms with E-state index in [0.717, 1.165) is 5.56 Å². The monoisotopic (exact) mass is 324 g/mol. The van der Waals surface area contributed by atoms with Gasteiger partial charge in [-0.05, 0) is 5.56 Å². The van der Waals surface area contributed by atoms with Gasteiger partial charge in [0.25, 0.3) is 0 Å². The summed E-state index contributed by atoms with van der Waals surface area (Å²) in [6.45, 7) is 0. The fourth-order valence-corrected chi connectivity index (χ4v) is 0.847. The zero-order valence-electron chi connectivity index (χ0n) is 9.92. The molecule has 1 heterocycles. The van der Waals surface area contributed by atoms with Crippen LogP contribution in [0.4, 0.5) is 0 Å². The quantitative estimate of drug-likeness (QED) is 0.402. The van der Waals surface area contributed by atoms with Gasteiger partial charge in [0.05, 0.1) is 5.82 Å². The van der Waals surface area contributed by atoms with Crippen molar-refractivity contribution < 1.29 is 29.2 Å². The number of nitrogens with zero attached hydrogens (tertiary/aromatic N) is 4. The fourth-order valence-electron chi connectivity index (χ4n) is 0.847. The number of tetrazole rings is 1. The van der Waals surface area contributed by atoms with Crippen molar-refractivity contribution in [2.75, 3.05) is 0 Å². The standard InChI is InChI=1S/C7H5N4.ClH.Co.5H3N/c1-2-4-6(5-3-1)7-8-10-11-9-7;;;;;;;/h1-5H;1H;;5*1H3/q-1;;+3;;;;;/p-1. The summed E-state index contributed by atoms with van der Waals surface area (Å²) < 4.78 is 0. The van der Waals surface area contributed by atoms with Crippen LogP contribution in [-0.2, 0) is 16.8 Å². The first-order valence-electron chi connectivity index (χ1n) is 3.21. The maximum Gasteiger partial charge on any atom is 3.00 e. The molecule has 0 aliphatic carbocycles. The molecule has 0 fully saturated rings. The number of rotatable bonds is 1. The predicted molar refractivity (Wildman–Crippen MR) is 63.7 cm³/mol. The Morgan fingerprint density at radius 1 is 0.833 bits per heavy atom. The number of hydrogen-bond acceptors (Lipinski definition) is 8. The minimum Gasteiger partial charge on any atom is -1.00 e. The Hall–Kier alpha value is -1.11. The molecule has 0 radical (unpaired) electrons. The smallest absolute Gasteiger partial charge is 1.00 e. The first-order chi connectivity index (χ1) is 5.47. The second kappa shape index (κ2) is 18.3. The van der Waals surface area contributed by atoms with Crippen LogP contribution in [-0.4, -0.2) is 15.4 Å². The molecule has 9 nitrogen and oxygen atoms in total. The number of hydrogen-bond donors (Lipinski definition) is 5. The zero-order chi connectivity index (χ0) is 7.52. The minimum absolute atomic E-state index is 0. The van der Waals surface area contributed by atoms with Gasteiger partial charge in [-0.3, -0.25) is 10.4 Å². The molecule has 0 atom stereocenters. The number of halogens is 1. The topological polar surface area (TPSA) is 228 Å². The number of aromatic nitrogens is 4. The summed E-state index contributed by atoms with van der Waals surface area (Å²) in [7, 11) is 0. The molecule has 15 N–H and O–H groups in total. The van der Waals surface area contributed by atoms with E-state index in [9.17, 15) is 0 Å². The molecular weight excluding hydrogens is 305 g/mol. The molecule has 11 heteroatoms. The second-order valence-corrected chi connectivity index (χ2v) is 2.07. The molecule has 0 unspecified atom stereocenters. The molecule has 0 aliphatic heterocycles. The molecular formula is C7H20ClCoN9+. The van der Waals surface area contributed by atoms with Crippen LogP contribution in [0.3, 0.4) is 0 Å². The van der Waals surface area contributed by atoms with Crippen LogP contribution >= 0.6 is 0 Å². The van der Waals surface area contributed by atoms with Gasteiger partial charge in [0.15, 0.2) is 0 Å². The molecule has 1 aromatic carbocycles. The van der Waals surface area contributed by atoms with Gasteiger partial charge in [0, 0.05) is 0 Å². The minimum atomic E-state index is 0. The summed E-state index contributed by atoms with van der Waals surface area (Å²) in [4.78, 5) is 0. The van der Waals surface area contributed by atoms with E-state index >= 15 is 0 Å². The van der Waals surface area contributed by atoms with Crippen LogP contribution in [0.1, 0.15) is 0 Å². The molecule has 0 saturated heterocycles. The number of benzene rings is 1. The molecule has 0 aliphatic rings. The SMILES string of the molecule is N.N.N.N.N.[Cl-].[Co+3].c1ccc(-c2nn[n-]n2)cc1. The Balaban J connectivity index is -0.0000000514. The first-order valence-corrected chi connectivity index (χ1v) is 3.21. The largest absolute Gasteiger partial charge is 3.00 e. The van der Waals surface area contributed by atoms with E-state index in [-0.39, 0.29) is 59.9 Å². The van der Waals surface area contributed by atoms with Crippen molar-refractivity contribution in [1.29, 1.82) is 0 Å². The van der Waals surface area contributed by atoms with Crippen LogP contribution < -0.4 is 48.4 Å². The maximum absolute atomic E-state index is 3.71. The van der Waals surface area contributed by atoms with E-state index in [1.807, 2.05) is 30.3 Å². The summed E-state index contributed by atoms with van der Waals surface area (Å²) in [5, 5.41) is 14.2. The van der Waals surface area contributed by atoms with E-state index in [2.05, 4.69) is 20.6 Å². The maximum atomic E-state index is 3.71. The van der Waals surface area contributed by atoms with Gasteiger partial charge in [0.2, 0.25) is 0 Å². The average molecular weight is 325 g/mol. The first kappa shape index (κ1) is 36.0. The van der Waals surface area contributed by atoms with Crippen LogP contribution in [0.15, 0.2) is 30.3 Å². The predicted octanol–water partition coefficient (Wildman–Crippen LogP) is -1.69. The Labute approximate surface area is 122 Å². The van der Waals surface area contributed by atoms with Crippen molar-refractivity contribution in [3.63, 3.8) is 0 Å². The molecule has 18 heavy (non-hydrogen) atoms. The average Bonchev–Trinajstić information content (AvgIpc) is 2.58. The second-order valence-electron chi connectivity index (χ2n) is 2.07. The van der Waals surface area contributed by atoms with E-state index < -0.39 is 0 Å². The van der Waals surface area contributed by atoms with Crippen LogP contribution in [0, 0.1) is 0 Å². The Morgan fingerprint density at radius 2 is 1.33 bits per heavy atom. The molecule has 0 bridgehead atoms. The van der Waals surface area contributed by atoms with Crippen molar-refractivity contribution >= 4 is 0 Å². The molecule has 0 spiro atoms. The summed E-state index contributed by atoms with van der Waals surface area (Å²) in [5.41, 5.74) is 0.942. The van der Waals surface area contributed by atoms with Crippen LogP contribution in [0.2, 0.25) is 0 Å². The van der Waals surface area contributed by atoms with E-state index in [1.165, 1.54) is 0 Å². The van der Waals surface area contributed by atoms with Gasteiger partial charge in [-0.15, -0.1) is 0 Å². The molecule has 1 aromatic heterocycles. The Kier molecular flexibility index (Phi) is 36.5. The third-order valence-electron chi connectivity index (χ3n) is 1.35.